The number of hydrogen-bond donors (Lipinski definition) is 1. The molecule has 0 spiro atoms. The van der Waals surface area contributed by atoms with Crippen LogP contribution >= 0.6 is 11.6 Å². The van der Waals surface area contributed by atoms with E-state index in [0.717, 1.165) is 45.2 Å². The van der Waals surface area contributed by atoms with E-state index in [1.165, 1.54) is 11.1 Å². The first-order chi connectivity index (χ1) is 13.8. The highest BCUT2D eigenvalue weighted by Crippen LogP contribution is 2.61. The number of piperidine rings is 1. The number of rotatable bonds is 3. The number of aromatic nitrogens is 2. The third-order valence-corrected chi connectivity index (χ3v) is 8.43. The van der Waals surface area contributed by atoms with Crippen molar-refractivity contribution in [3.05, 3.63) is 21.6 Å². The Bertz CT molecular complexity index is 876. The Kier molecular flexibility index (Phi) is 4.50. The van der Waals surface area contributed by atoms with E-state index in [9.17, 15) is 14.7 Å². The second-order valence-electron chi connectivity index (χ2n) is 10.4. The van der Waals surface area contributed by atoms with Crippen molar-refractivity contribution < 1.29 is 9.90 Å². The molecule has 4 saturated carbocycles. The van der Waals surface area contributed by atoms with Crippen LogP contribution in [0, 0.1) is 35.5 Å². The summed E-state index contributed by atoms with van der Waals surface area (Å²) in [7, 11) is 0. The van der Waals surface area contributed by atoms with Gasteiger partial charge >= 0.3 is 5.97 Å². The topological polar surface area (TPSA) is 75.4 Å². The maximum absolute atomic E-state index is 13.4. The van der Waals surface area contributed by atoms with E-state index in [1.54, 1.807) is 6.20 Å². The zero-order valence-electron chi connectivity index (χ0n) is 17.2. The highest BCUT2D eigenvalue weighted by molar-refractivity contribution is 6.33. The molecule has 29 heavy (non-hydrogen) atoms. The summed E-state index contributed by atoms with van der Waals surface area (Å²) in [6.45, 7) is 6.17. The molecular formula is C22H30ClN3O3. The molecule has 0 radical (unpaired) electrons. The molecule has 1 saturated heterocycles. The molecule has 4 aliphatic carbocycles. The summed E-state index contributed by atoms with van der Waals surface area (Å²) >= 11 is 6.63. The smallest absolute Gasteiger partial charge is 0.309 e. The number of carbonyl (C=O) groups is 1. The Morgan fingerprint density at radius 2 is 1.76 bits per heavy atom. The zero-order valence-corrected chi connectivity index (χ0v) is 17.9. The molecule has 4 bridgehead atoms. The number of hydrogen-bond acceptors (Lipinski definition) is 4. The summed E-state index contributed by atoms with van der Waals surface area (Å²) in [5, 5.41) is 14.9. The van der Waals surface area contributed by atoms with E-state index in [2.05, 4.69) is 23.8 Å². The number of anilines is 1. The normalized spacial score (nSPS) is 41.0. The number of halogens is 1. The van der Waals surface area contributed by atoms with Crippen molar-refractivity contribution >= 4 is 23.3 Å². The molecule has 1 aromatic rings. The maximum Gasteiger partial charge on any atom is 0.309 e. The highest BCUT2D eigenvalue weighted by atomic mass is 35.5. The van der Waals surface area contributed by atoms with Crippen molar-refractivity contribution in [2.75, 3.05) is 18.0 Å². The van der Waals surface area contributed by atoms with Gasteiger partial charge in [0.05, 0.1) is 23.3 Å². The average molecular weight is 420 g/mol. The van der Waals surface area contributed by atoms with Crippen LogP contribution in [-0.4, -0.2) is 33.9 Å². The van der Waals surface area contributed by atoms with Crippen LogP contribution in [0.3, 0.4) is 0 Å². The van der Waals surface area contributed by atoms with E-state index >= 15 is 0 Å². The van der Waals surface area contributed by atoms with Crippen molar-refractivity contribution in [3.8, 4) is 0 Å². The summed E-state index contributed by atoms with van der Waals surface area (Å²) < 4.78 is 1.49. The van der Waals surface area contributed by atoms with Gasteiger partial charge in [-0.25, -0.2) is 4.68 Å². The van der Waals surface area contributed by atoms with Crippen LogP contribution < -0.4 is 10.5 Å². The molecule has 5 atom stereocenters. The van der Waals surface area contributed by atoms with Gasteiger partial charge in [-0.15, -0.1) is 0 Å². The quantitative estimate of drug-likeness (QED) is 0.809. The van der Waals surface area contributed by atoms with Crippen molar-refractivity contribution in [3.63, 3.8) is 0 Å². The van der Waals surface area contributed by atoms with Crippen molar-refractivity contribution in [2.24, 2.45) is 35.5 Å². The molecule has 1 N–H and O–H groups in total. The predicted octanol–water partition coefficient (Wildman–Crippen LogP) is 3.62. The molecule has 1 aliphatic heterocycles. The molecule has 5 aliphatic rings. The van der Waals surface area contributed by atoms with Gasteiger partial charge in [0, 0.05) is 13.1 Å². The Labute approximate surface area is 176 Å². The summed E-state index contributed by atoms with van der Waals surface area (Å²) in [6, 6.07) is 0. The number of carboxylic acid groups (broad SMARTS) is 1. The van der Waals surface area contributed by atoms with Gasteiger partial charge in [-0.1, -0.05) is 25.4 Å². The fourth-order valence-corrected chi connectivity index (χ4v) is 7.80. The molecule has 7 heteroatoms. The van der Waals surface area contributed by atoms with Gasteiger partial charge in [0.15, 0.2) is 0 Å². The Balaban J connectivity index is 1.57. The van der Waals surface area contributed by atoms with Crippen molar-refractivity contribution in [1.29, 1.82) is 0 Å². The lowest BCUT2D eigenvalue weighted by molar-refractivity contribution is -0.168. The van der Waals surface area contributed by atoms with Crippen molar-refractivity contribution in [1.82, 2.24) is 9.78 Å². The third-order valence-electron chi connectivity index (χ3n) is 8.07. The van der Waals surface area contributed by atoms with Crippen LogP contribution in [0.2, 0.25) is 5.02 Å². The number of aliphatic carboxylic acids is 1. The standard InChI is InChI=1S/C22H30ClN3O3/c1-12-3-13(2)11-25(10-12)17-9-24-26(20(27)19(17)23)22-7-14-4-15(8-22)6-16(5-14)18(22)21(28)29/h9,12-16,18H,3-8,10-11H2,1-2H3,(H,28,29)/t12-,13+,14-,15-,16?,18+,22?/m0/s1. The minimum Gasteiger partial charge on any atom is -0.481 e. The monoisotopic (exact) mass is 419 g/mol. The van der Waals surface area contributed by atoms with Crippen LogP contribution in [0.15, 0.2) is 11.0 Å². The largest absolute Gasteiger partial charge is 0.481 e. The lowest BCUT2D eigenvalue weighted by Crippen LogP contribution is -2.63. The molecule has 6 rings (SSSR count). The predicted molar refractivity (Wildman–Crippen MR) is 111 cm³/mol. The van der Waals surface area contributed by atoms with E-state index in [4.69, 9.17) is 11.6 Å². The summed E-state index contributed by atoms with van der Waals surface area (Å²) in [6.07, 6.45) is 7.46. The Morgan fingerprint density at radius 1 is 1.14 bits per heavy atom. The van der Waals surface area contributed by atoms with Gasteiger partial charge in [-0.3, -0.25) is 9.59 Å². The molecule has 5 fully saturated rings. The summed E-state index contributed by atoms with van der Waals surface area (Å²) in [5.41, 5.74) is -0.339. The fraction of sp³-hybridized carbons (Fsp3) is 0.773. The van der Waals surface area contributed by atoms with Gasteiger partial charge in [-0.2, -0.15) is 5.10 Å². The second kappa shape index (κ2) is 6.73. The van der Waals surface area contributed by atoms with Crippen molar-refractivity contribution in [2.45, 2.75) is 57.9 Å². The lowest BCUT2D eigenvalue weighted by atomic mass is 9.48. The number of carboxylic acids is 1. The van der Waals surface area contributed by atoms with Crippen LogP contribution in [0.4, 0.5) is 5.69 Å². The van der Waals surface area contributed by atoms with E-state index in [-0.39, 0.29) is 16.5 Å². The van der Waals surface area contributed by atoms with Gasteiger partial charge in [0.1, 0.15) is 5.02 Å². The highest BCUT2D eigenvalue weighted by Gasteiger charge is 2.61. The van der Waals surface area contributed by atoms with Crippen LogP contribution in [-0.2, 0) is 10.3 Å². The number of nitrogens with zero attached hydrogens (tertiary/aromatic N) is 3. The minimum absolute atomic E-state index is 0.148. The molecule has 0 unspecified atom stereocenters. The summed E-state index contributed by atoms with van der Waals surface area (Å²) in [5.74, 6) is 0.889. The van der Waals surface area contributed by atoms with E-state index < -0.39 is 17.4 Å². The first-order valence-corrected chi connectivity index (χ1v) is 11.4. The maximum atomic E-state index is 13.4. The molecule has 0 amide bonds. The van der Waals surface area contributed by atoms with Crippen LogP contribution in [0.5, 0.6) is 0 Å². The first-order valence-electron chi connectivity index (χ1n) is 11.0. The van der Waals surface area contributed by atoms with E-state index in [1.807, 2.05) is 0 Å². The molecule has 0 aromatic carbocycles. The van der Waals surface area contributed by atoms with Crippen LogP contribution in [0.25, 0.3) is 0 Å². The SMILES string of the molecule is C[C@@H]1C[C@H](C)CN(c2cnn(C34C[C@@H]5CC(C[C@H](C5)C3)[C@@H]4C(=O)O)c(=O)c2Cl)C1. The molecule has 2 heterocycles. The first kappa shape index (κ1) is 19.4. The minimum atomic E-state index is -0.790. The summed E-state index contributed by atoms with van der Waals surface area (Å²) in [4.78, 5) is 27.9. The Morgan fingerprint density at radius 3 is 2.34 bits per heavy atom. The molecular weight excluding hydrogens is 390 g/mol. The van der Waals surface area contributed by atoms with Gasteiger partial charge in [-0.05, 0) is 68.1 Å². The van der Waals surface area contributed by atoms with Gasteiger partial charge < -0.3 is 10.0 Å². The third kappa shape index (κ3) is 2.93. The van der Waals surface area contributed by atoms with Crippen LogP contribution in [0.1, 0.15) is 52.4 Å². The molecule has 1 aromatic heterocycles. The average Bonchev–Trinajstić information content (AvgIpc) is 2.61. The zero-order chi connectivity index (χ0) is 20.5. The second-order valence-corrected chi connectivity index (χ2v) is 10.8. The van der Waals surface area contributed by atoms with Gasteiger partial charge in [0.25, 0.3) is 5.56 Å². The van der Waals surface area contributed by atoms with E-state index in [0.29, 0.717) is 29.4 Å². The molecule has 158 valence electrons. The fourth-order valence-electron chi connectivity index (χ4n) is 7.56. The Hall–Kier alpha value is -1.56. The molecule has 6 nitrogen and oxygen atoms in total. The van der Waals surface area contributed by atoms with Gasteiger partial charge in [0.2, 0.25) is 0 Å². The lowest BCUT2D eigenvalue weighted by Gasteiger charge is -2.59.